The molecule has 78 valence electrons. The fourth-order valence-corrected chi connectivity index (χ4v) is 1.73. The second-order valence-electron chi connectivity index (χ2n) is 3.12. The van der Waals surface area contributed by atoms with Crippen LogP contribution in [0, 0.1) is 5.92 Å². The molecule has 0 bridgehead atoms. The molecule has 0 aromatic carbocycles. The predicted octanol–water partition coefficient (Wildman–Crippen LogP) is 1.00. The monoisotopic (exact) mass is 190 g/mol. The van der Waals surface area contributed by atoms with Crippen LogP contribution in [0.2, 0.25) is 0 Å². The Morgan fingerprint density at radius 3 is 2.46 bits per heavy atom. The molecule has 1 aliphatic rings. The zero-order chi connectivity index (χ0) is 9.68. The van der Waals surface area contributed by atoms with Gasteiger partial charge in [0.2, 0.25) is 0 Å². The molecule has 0 unspecified atom stereocenters. The van der Waals surface area contributed by atoms with Crippen LogP contribution in [0.3, 0.4) is 0 Å². The van der Waals surface area contributed by atoms with Gasteiger partial charge in [-0.25, -0.2) is 0 Å². The zero-order valence-corrected chi connectivity index (χ0v) is 8.49. The molecule has 0 amide bonds. The van der Waals surface area contributed by atoms with Gasteiger partial charge in [0.25, 0.3) is 0 Å². The molecule has 1 heterocycles. The SMILES string of the molecule is COC(OC)[C@H]1CCCO[C@@H]1OC. The van der Waals surface area contributed by atoms with Gasteiger partial charge in [-0.1, -0.05) is 0 Å². The van der Waals surface area contributed by atoms with Crippen LogP contribution in [0.5, 0.6) is 0 Å². The zero-order valence-electron chi connectivity index (χ0n) is 8.49. The van der Waals surface area contributed by atoms with Gasteiger partial charge in [-0.15, -0.1) is 0 Å². The summed E-state index contributed by atoms with van der Waals surface area (Å²) < 4.78 is 21.0. The summed E-state index contributed by atoms with van der Waals surface area (Å²) in [6, 6.07) is 0. The van der Waals surface area contributed by atoms with Crippen molar-refractivity contribution in [2.75, 3.05) is 27.9 Å². The lowest BCUT2D eigenvalue weighted by Crippen LogP contribution is -2.40. The van der Waals surface area contributed by atoms with Gasteiger partial charge in [-0.3, -0.25) is 0 Å². The minimum atomic E-state index is -0.231. The van der Waals surface area contributed by atoms with E-state index in [1.165, 1.54) is 0 Å². The summed E-state index contributed by atoms with van der Waals surface area (Å²) in [5.74, 6) is 0.175. The van der Waals surface area contributed by atoms with Crippen LogP contribution in [-0.4, -0.2) is 40.5 Å². The van der Waals surface area contributed by atoms with E-state index in [0.717, 1.165) is 19.4 Å². The molecule has 0 radical (unpaired) electrons. The van der Waals surface area contributed by atoms with E-state index >= 15 is 0 Å². The van der Waals surface area contributed by atoms with Crippen molar-refractivity contribution in [1.29, 1.82) is 0 Å². The number of methoxy groups -OCH3 is 3. The molecule has 1 saturated heterocycles. The molecule has 0 aliphatic carbocycles. The maximum atomic E-state index is 5.44. The van der Waals surface area contributed by atoms with E-state index in [4.69, 9.17) is 18.9 Å². The Balaban J connectivity index is 2.51. The van der Waals surface area contributed by atoms with Crippen molar-refractivity contribution in [1.82, 2.24) is 0 Å². The molecule has 4 heteroatoms. The topological polar surface area (TPSA) is 36.9 Å². The fraction of sp³-hybridized carbons (Fsp3) is 1.00. The Labute approximate surface area is 79.1 Å². The lowest BCUT2D eigenvalue weighted by Gasteiger charge is -2.34. The summed E-state index contributed by atoms with van der Waals surface area (Å²) in [5.41, 5.74) is 0. The lowest BCUT2D eigenvalue weighted by molar-refractivity contribution is -0.246. The average molecular weight is 190 g/mol. The maximum Gasteiger partial charge on any atom is 0.164 e. The Morgan fingerprint density at radius 2 is 1.92 bits per heavy atom. The van der Waals surface area contributed by atoms with Gasteiger partial charge in [-0.2, -0.15) is 0 Å². The van der Waals surface area contributed by atoms with Gasteiger partial charge in [0.1, 0.15) is 0 Å². The van der Waals surface area contributed by atoms with Crippen molar-refractivity contribution < 1.29 is 18.9 Å². The predicted molar refractivity (Wildman–Crippen MR) is 47.3 cm³/mol. The minimum absolute atomic E-state index is 0.175. The Bertz CT molecular complexity index is 128. The summed E-state index contributed by atoms with van der Waals surface area (Å²) >= 11 is 0. The van der Waals surface area contributed by atoms with Gasteiger partial charge in [0.15, 0.2) is 12.6 Å². The van der Waals surface area contributed by atoms with E-state index in [-0.39, 0.29) is 18.5 Å². The standard InChI is InChI=1S/C9H18O4/c1-10-8(11-2)7-5-4-6-13-9(7)12-3/h7-9H,4-6H2,1-3H3/t7-,9+/m1/s1. The second-order valence-corrected chi connectivity index (χ2v) is 3.12. The first-order valence-electron chi connectivity index (χ1n) is 4.53. The first-order valence-corrected chi connectivity index (χ1v) is 4.53. The van der Waals surface area contributed by atoms with E-state index in [9.17, 15) is 0 Å². The molecule has 4 nitrogen and oxygen atoms in total. The summed E-state index contributed by atoms with van der Waals surface area (Å²) in [7, 11) is 4.91. The van der Waals surface area contributed by atoms with Crippen molar-refractivity contribution in [3.63, 3.8) is 0 Å². The van der Waals surface area contributed by atoms with Crippen LogP contribution in [0.15, 0.2) is 0 Å². The van der Waals surface area contributed by atoms with E-state index in [1.54, 1.807) is 21.3 Å². The molecule has 0 aromatic rings. The Morgan fingerprint density at radius 1 is 1.23 bits per heavy atom. The third-order valence-corrected chi connectivity index (χ3v) is 2.36. The third-order valence-electron chi connectivity index (χ3n) is 2.36. The van der Waals surface area contributed by atoms with Gasteiger partial charge in [0, 0.05) is 27.9 Å². The highest BCUT2D eigenvalue weighted by Gasteiger charge is 2.33. The molecule has 1 rings (SSSR count). The van der Waals surface area contributed by atoms with Crippen LogP contribution in [0.25, 0.3) is 0 Å². The number of hydrogen-bond donors (Lipinski definition) is 0. The quantitative estimate of drug-likeness (QED) is 0.620. The van der Waals surface area contributed by atoms with Crippen molar-refractivity contribution >= 4 is 0 Å². The van der Waals surface area contributed by atoms with E-state index in [1.807, 2.05) is 0 Å². The summed E-state index contributed by atoms with van der Waals surface area (Å²) in [6.07, 6.45) is 1.63. The highest BCUT2D eigenvalue weighted by atomic mass is 16.7. The molecule has 1 aliphatic heterocycles. The Kier molecular flexibility index (Phi) is 4.66. The summed E-state index contributed by atoms with van der Waals surface area (Å²) in [5, 5.41) is 0. The normalized spacial score (nSPS) is 29.5. The van der Waals surface area contributed by atoms with Crippen LogP contribution in [0.4, 0.5) is 0 Å². The van der Waals surface area contributed by atoms with Gasteiger partial charge in [-0.05, 0) is 12.8 Å². The van der Waals surface area contributed by atoms with Gasteiger partial charge in [0.05, 0.1) is 5.92 Å². The van der Waals surface area contributed by atoms with Crippen molar-refractivity contribution in [2.24, 2.45) is 5.92 Å². The molecule has 1 fully saturated rings. The molecule has 0 aromatic heterocycles. The number of ether oxygens (including phenoxy) is 4. The Hall–Kier alpha value is -0.160. The lowest BCUT2D eigenvalue weighted by atomic mass is 10.00. The van der Waals surface area contributed by atoms with E-state index in [2.05, 4.69) is 0 Å². The molecule has 13 heavy (non-hydrogen) atoms. The number of rotatable bonds is 4. The van der Waals surface area contributed by atoms with E-state index < -0.39 is 0 Å². The van der Waals surface area contributed by atoms with Crippen molar-refractivity contribution in [3.05, 3.63) is 0 Å². The van der Waals surface area contributed by atoms with Crippen molar-refractivity contribution in [3.8, 4) is 0 Å². The number of hydrogen-bond acceptors (Lipinski definition) is 4. The molecular formula is C9H18O4. The third kappa shape index (κ3) is 2.64. The first kappa shape index (κ1) is 10.9. The van der Waals surface area contributed by atoms with Crippen LogP contribution < -0.4 is 0 Å². The first-order chi connectivity index (χ1) is 6.33. The minimum Gasteiger partial charge on any atom is -0.355 e. The van der Waals surface area contributed by atoms with Gasteiger partial charge < -0.3 is 18.9 Å². The molecule has 0 spiro atoms. The largest absolute Gasteiger partial charge is 0.355 e. The smallest absolute Gasteiger partial charge is 0.164 e. The van der Waals surface area contributed by atoms with Crippen LogP contribution >= 0.6 is 0 Å². The molecule has 2 atom stereocenters. The van der Waals surface area contributed by atoms with Crippen LogP contribution in [-0.2, 0) is 18.9 Å². The second kappa shape index (κ2) is 5.54. The van der Waals surface area contributed by atoms with Gasteiger partial charge >= 0.3 is 0 Å². The molecular weight excluding hydrogens is 172 g/mol. The summed E-state index contributed by atoms with van der Waals surface area (Å²) in [4.78, 5) is 0. The van der Waals surface area contributed by atoms with E-state index in [0.29, 0.717) is 0 Å². The maximum absolute atomic E-state index is 5.44. The van der Waals surface area contributed by atoms with Crippen LogP contribution in [0.1, 0.15) is 12.8 Å². The fourth-order valence-electron chi connectivity index (χ4n) is 1.73. The molecule has 0 N–H and O–H groups in total. The average Bonchev–Trinajstić information content (AvgIpc) is 2.20. The van der Waals surface area contributed by atoms with Crippen molar-refractivity contribution in [2.45, 2.75) is 25.4 Å². The highest BCUT2D eigenvalue weighted by Crippen LogP contribution is 2.26. The highest BCUT2D eigenvalue weighted by molar-refractivity contribution is 4.71. The molecule has 0 saturated carbocycles. The summed E-state index contributed by atoms with van der Waals surface area (Å²) in [6.45, 7) is 0.759.